The van der Waals surface area contributed by atoms with Gasteiger partial charge in [0.2, 0.25) is 0 Å². The van der Waals surface area contributed by atoms with Crippen molar-refractivity contribution in [2.75, 3.05) is 20.0 Å². The van der Waals surface area contributed by atoms with E-state index in [-0.39, 0.29) is 31.1 Å². The lowest BCUT2D eigenvalue weighted by molar-refractivity contribution is -0.119. The van der Waals surface area contributed by atoms with Crippen LogP contribution in [0.3, 0.4) is 0 Å². The van der Waals surface area contributed by atoms with Gasteiger partial charge in [-0.05, 0) is 48.5 Å². The molecule has 10 nitrogen and oxygen atoms in total. The molecule has 4 atom stereocenters. The van der Waals surface area contributed by atoms with Crippen molar-refractivity contribution < 1.29 is 49.0 Å². The van der Waals surface area contributed by atoms with Crippen molar-refractivity contribution in [2.24, 2.45) is 0 Å². The molecule has 0 amide bonds. The van der Waals surface area contributed by atoms with Crippen LogP contribution in [0.25, 0.3) is 0 Å². The topological polar surface area (TPSA) is 152 Å². The minimum atomic E-state index is -1.33. The van der Waals surface area contributed by atoms with Gasteiger partial charge in [0.05, 0.1) is 11.1 Å². The van der Waals surface area contributed by atoms with E-state index in [1.807, 2.05) is 0 Å². The third-order valence-corrected chi connectivity index (χ3v) is 4.71. The van der Waals surface area contributed by atoms with Crippen LogP contribution >= 0.6 is 0 Å². The number of hydrogen-bond acceptors (Lipinski definition) is 8. The molecule has 1 aliphatic rings. The summed E-state index contributed by atoms with van der Waals surface area (Å²) in [5.41, 5.74) is 0.227. The van der Waals surface area contributed by atoms with E-state index in [2.05, 4.69) is 0 Å². The van der Waals surface area contributed by atoms with E-state index in [0.29, 0.717) is 11.5 Å². The van der Waals surface area contributed by atoms with E-state index < -0.39 is 36.4 Å². The second kappa shape index (κ2) is 10.2. The van der Waals surface area contributed by atoms with Gasteiger partial charge in [-0.2, -0.15) is 0 Å². The summed E-state index contributed by atoms with van der Waals surface area (Å²) in [4.78, 5) is 21.8. The largest absolute Gasteiger partial charge is 0.491 e. The molecule has 4 N–H and O–H groups in total. The molecule has 0 spiro atoms. The Kier molecular flexibility index (Phi) is 7.42. The Morgan fingerprint density at radius 1 is 0.742 bits per heavy atom. The highest BCUT2D eigenvalue weighted by Crippen LogP contribution is 2.20. The van der Waals surface area contributed by atoms with E-state index in [1.54, 1.807) is 0 Å². The second-order valence-corrected chi connectivity index (χ2v) is 6.79. The van der Waals surface area contributed by atoms with E-state index in [9.17, 15) is 19.8 Å². The highest BCUT2D eigenvalue weighted by atomic mass is 16.7. The lowest BCUT2D eigenvalue weighted by atomic mass is 10.0. The van der Waals surface area contributed by atoms with Crippen LogP contribution in [0.4, 0.5) is 0 Å². The van der Waals surface area contributed by atoms with E-state index >= 15 is 0 Å². The maximum atomic E-state index is 10.9. The molecule has 0 radical (unpaired) electrons. The third kappa shape index (κ3) is 5.92. The van der Waals surface area contributed by atoms with Crippen molar-refractivity contribution in [1.82, 2.24) is 0 Å². The highest BCUT2D eigenvalue weighted by Gasteiger charge is 2.37. The van der Waals surface area contributed by atoms with Crippen LogP contribution in [0.15, 0.2) is 48.5 Å². The predicted molar refractivity (Wildman–Crippen MR) is 104 cm³/mol. The molecule has 1 heterocycles. The van der Waals surface area contributed by atoms with Crippen LogP contribution < -0.4 is 9.47 Å². The van der Waals surface area contributed by atoms with Crippen molar-refractivity contribution in [3.05, 3.63) is 59.7 Å². The fourth-order valence-corrected chi connectivity index (χ4v) is 2.89. The van der Waals surface area contributed by atoms with Gasteiger partial charge < -0.3 is 39.4 Å². The summed E-state index contributed by atoms with van der Waals surface area (Å²) in [6.07, 6.45) is -4.45. The molecule has 3 rings (SSSR count). The summed E-state index contributed by atoms with van der Waals surface area (Å²) in [6, 6.07) is 11.5. The van der Waals surface area contributed by atoms with Crippen molar-refractivity contribution in [3.63, 3.8) is 0 Å². The Labute approximate surface area is 177 Å². The molecule has 0 unspecified atom stereocenters. The Balaban J connectivity index is 1.53. The molecular formula is C21H22O10. The van der Waals surface area contributed by atoms with Crippen LogP contribution in [0.1, 0.15) is 20.7 Å². The number of ether oxygens (including phenoxy) is 4. The minimum absolute atomic E-state index is 0.0990. The van der Waals surface area contributed by atoms with Gasteiger partial charge in [0.25, 0.3) is 0 Å². The number of aliphatic hydroxyl groups is 2. The van der Waals surface area contributed by atoms with Gasteiger partial charge in [0.15, 0.2) is 0 Å². The van der Waals surface area contributed by atoms with Crippen LogP contribution in [-0.4, -0.2) is 76.8 Å². The molecule has 0 saturated carbocycles. The van der Waals surface area contributed by atoms with E-state index in [1.165, 1.54) is 48.5 Å². The van der Waals surface area contributed by atoms with Crippen molar-refractivity contribution in [1.29, 1.82) is 0 Å². The smallest absolute Gasteiger partial charge is 0.335 e. The summed E-state index contributed by atoms with van der Waals surface area (Å²) in [6.45, 7) is -0.414. The zero-order valence-corrected chi connectivity index (χ0v) is 16.3. The van der Waals surface area contributed by atoms with Crippen LogP contribution in [0.5, 0.6) is 11.5 Å². The molecular weight excluding hydrogens is 412 g/mol. The van der Waals surface area contributed by atoms with E-state index in [4.69, 9.17) is 29.2 Å². The molecule has 1 fully saturated rings. The van der Waals surface area contributed by atoms with Crippen LogP contribution in [0, 0.1) is 0 Å². The summed E-state index contributed by atoms with van der Waals surface area (Å²) < 4.78 is 21.9. The van der Waals surface area contributed by atoms with Gasteiger partial charge in [0, 0.05) is 0 Å². The quantitative estimate of drug-likeness (QED) is 0.473. The average Bonchev–Trinajstić information content (AvgIpc) is 2.90. The first-order valence-corrected chi connectivity index (χ1v) is 9.37. The molecule has 10 heteroatoms. The van der Waals surface area contributed by atoms with Gasteiger partial charge >= 0.3 is 11.9 Å². The van der Waals surface area contributed by atoms with Gasteiger partial charge in [-0.15, -0.1) is 0 Å². The molecule has 2 aromatic rings. The number of rotatable bonds is 8. The molecule has 1 aliphatic heterocycles. The lowest BCUT2D eigenvalue weighted by Crippen LogP contribution is -2.47. The van der Waals surface area contributed by atoms with Crippen LogP contribution in [0.2, 0.25) is 0 Å². The molecule has 166 valence electrons. The fourth-order valence-electron chi connectivity index (χ4n) is 2.89. The highest BCUT2D eigenvalue weighted by molar-refractivity contribution is 5.88. The summed E-state index contributed by atoms with van der Waals surface area (Å²) in [5.74, 6) is -1.35. The third-order valence-electron chi connectivity index (χ3n) is 4.71. The van der Waals surface area contributed by atoms with Gasteiger partial charge in [-0.25, -0.2) is 9.59 Å². The van der Waals surface area contributed by atoms with Gasteiger partial charge in [-0.3, -0.25) is 0 Å². The summed E-state index contributed by atoms with van der Waals surface area (Å²) >= 11 is 0. The van der Waals surface area contributed by atoms with Crippen molar-refractivity contribution >= 4 is 11.9 Å². The van der Waals surface area contributed by atoms with Crippen molar-refractivity contribution in [2.45, 2.75) is 24.4 Å². The number of aromatic carboxylic acids is 2. The maximum absolute atomic E-state index is 10.9. The zero-order valence-electron chi connectivity index (χ0n) is 16.3. The SMILES string of the molecule is O=C(O)c1ccc(OC[C@H]2OCO[C@H](COc3ccc(C(=O)O)cc3)[C@@H](O)[C@@H]2O)cc1. The first kappa shape index (κ1) is 22.5. The number of aliphatic hydroxyl groups excluding tert-OH is 2. The van der Waals surface area contributed by atoms with Crippen LogP contribution in [-0.2, 0) is 9.47 Å². The zero-order chi connectivity index (χ0) is 22.4. The Morgan fingerprint density at radius 3 is 1.42 bits per heavy atom. The average molecular weight is 434 g/mol. The second-order valence-electron chi connectivity index (χ2n) is 6.79. The molecule has 1 saturated heterocycles. The lowest BCUT2D eigenvalue weighted by Gasteiger charge is -2.26. The molecule has 0 aromatic heterocycles. The number of benzene rings is 2. The summed E-state index contributed by atoms with van der Waals surface area (Å²) in [5, 5.41) is 38.7. The number of hydrogen-bond donors (Lipinski definition) is 4. The van der Waals surface area contributed by atoms with Gasteiger partial charge in [0.1, 0.15) is 55.9 Å². The number of carboxylic acids is 2. The standard InChI is InChI=1S/C21H22O10/c22-18-16(9-28-14-5-1-12(2-6-14)20(24)25)30-11-31-17(19(18)23)10-29-15-7-3-13(4-8-15)21(26)27/h1-8,16-19,22-23H,9-11H2,(H,24,25)(H,26,27)/t16-,17-,18-,19-/m1/s1. The normalized spacial score (nSPS) is 23.5. The molecule has 2 aromatic carbocycles. The summed E-state index contributed by atoms with van der Waals surface area (Å²) in [7, 11) is 0. The Morgan fingerprint density at radius 2 is 1.10 bits per heavy atom. The number of carboxylic acid groups (broad SMARTS) is 2. The first-order chi connectivity index (χ1) is 14.8. The molecule has 31 heavy (non-hydrogen) atoms. The minimum Gasteiger partial charge on any atom is -0.491 e. The Bertz CT molecular complexity index is 807. The molecule has 0 bridgehead atoms. The monoisotopic (exact) mass is 434 g/mol. The number of carbonyl (C=O) groups is 2. The predicted octanol–water partition coefficient (Wildman–Crippen LogP) is 1.00. The Hall–Kier alpha value is -3.18. The van der Waals surface area contributed by atoms with E-state index in [0.717, 1.165) is 0 Å². The fraction of sp³-hybridized carbons (Fsp3) is 0.333. The molecule has 0 aliphatic carbocycles. The van der Waals surface area contributed by atoms with Gasteiger partial charge in [-0.1, -0.05) is 0 Å². The van der Waals surface area contributed by atoms with Crippen molar-refractivity contribution in [3.8, 4) is 11.5 Å². The first-order valence-electron chi connectivity index (χ1n) is 9.37. The maximum Gasteiger partial charge on any atom is 0.335 e.